The van der Waals surface area contributed by atoms with Gasteiger partial charge in [-0.25, -0.2) is 0 Å². The molecule has 1 nitrogen and oxygen atoms in total. The Hall–Kier alpha value is -1.37. The second-order valence-electron chi connectivity index (χ2n) is 2.29. The van der Waals surface area contributed by atoms with Gasteiger partial charge in [0.05, 0.1) is 0 Å². The van der Waals surface area contributed by atoms with Crippen molar-refractivity contribution in [3.8, 4) is 0 Å². The molecule has 0 aliphatic heterocycles. The highest BCUT2D eigenvalue weighted by Crippen LogP contribution is 2.04. The van der Waals surface area contributed by atoms with E-state index in [-0.39, 0.29) is 0 Å². The molecule has 1 heteroatoms. The molecule has 0 saturated heterocycles. The number of rotatable bonds is 2. The highest BCUT2D eigenvalue weighted by atomic mass is 16.1. The van der Waals surface area contributed by atoms with E-state index in [9.17, 15) is 4.79 Å². The van der Waals surface area contributed by atoms with Crippen LogP contribution in [-0.4, -0.2) is 6.29 Å². The topological polar surface area (TPSA) is 17.1 Å². The largest absolute Gasteiger partial charge is 0.298 e. The van der Waals surface area contributed by atoms with Gasteiger partial charge in [0, 0.05) is 5.56 Å². The molecule has 0 aromatic heterocycles. The summed E-state index contributed by atoms with van der Waals surface area (Å²) in [5.74, 6) is 0. The molecule has 1 aromatic carbocycles. The van der Waals surface area contributed by atoms with E-state index in [2.05, 4.69) is 0 Å². The van der Waals surface area contributed by atoms with Crippen molar-refractivity contribution in [3.63, 3.8) is 0 Å². The summed E-state index contributed by atoms with van der Waals surface area (Å²) >= 11 is 0. The molecule has 1 aromatic rings. The Morgan fingerprint density at radius 3 is 2.64 bits per heavy atom. The van der Waals surface area contributed by atoms with Crippen molar-refractivity contribution in [1.29, 1.82) is 0 Å². The molecule has 1 rings (SSSR count). The van der Waals surface area contributed by atoms with Crippen LogP contribution in [0.3, 0.4) is 0 Å². The third kappa shape index (κ3) is 2.04. The zero-order valence-corrected chi connectivity index (χ0v) is 6.45. The van der Waals surface area contributed by atoms with Gasteiger partial charge in [-0.2, -0.15) is 0 Å². The fraction of sp³-hybridized carbons (Fsp3) is 0.100. The van der Waals surface area contributed by atoms with Gasteiger partial charge < -0.3 is 0 Å². The summed E-state index contributed by atoms with van der Waals surface area (Å²) in [6, 6.07) is 7.49. The molecular weight excluding hydrogens is 136 g/mol. The Bertz CT molecular complexity index is 274. The molecule has 56 valence electrons. The van der Waals surface area contributed by atoms with Crippen LogP contribution in [0.1, 0.15) is 22.8 Å². The van der Waals surface area contributed by atoms with Crippen molar-refractivity contribution < 1.29 is 4.79 Å². The number of allylic oxidation sites excluding steroid dienone is 1. The maximum absolute atomic E-state index is 10.3. The molecule has 0 heterocycles. The minimum absolute atomic E-state index is 0.723. The Kier molecular flexibility index (Phi) is 2.61. The summed E-state index contributed by atoms with van der Waals surface area (Å²) in [4.78, 5) is 10.3. The molecule has 0 saturated carbocycles. The fourth-order valence-electron chi connectivity index (χ4n) is 0.928. The number of hydrogen-bond acceptors (Lipinski definition) is 1. The van der Waals surface area contributed by atoms with Crippen LogP contribution in [0, 0.1) is 0 Å². The zero-order chi connectivity index (χ0) is 8.10. The van der Waals surface area contributed by atoms with E-state index < -0.39 is 0 Å². The number of hydrogen-bond donors (Lipinski definition) is 0. The SMILES string of the molecule is CC=Cc1cccc(C=O)c1. The van der Waals surface area contributed by atoms with Gasteiger partial charge in [0.2, 0.25) is 0 Å². The normalized spacial score (nSPS) is 10.3. The smallest absolute Gasteiger partial charge is 0.150 e. The second-order valence-corrected chi connectivity index (χ2v) is 2.29. The molecule has 0 bridgehead atoms. The molecule has 0 amide bonds. The van der Waals surface area contributed by atoms with E-state index >= 15 is 0 Å². The van der Waals surface area contributed by atoms with Crippen molar-refractivity contribution in [2.75, 3.05) is 0 Å². The van der Waals surface area contributed by atoms with Crippen LogP contribution in [-0.2, 0) is 0 Å². The van der Waals surface area contributed by atoms with Gasteiger partial charge in [0.15, 0.2) is 0 Å². The summed E-state index contributed by atoms with van der Waals surface area (Å²) in [6.07, 6.45) is 4.77. The van der Waals surface area contributed by atoms with Crippen molar-refractivity contribution in [1.82, 2.24) is 0 Å². The average molecular weight is 146 g/mol. The van der Waals surface area contributed by atoms with E-state index in [4.69, 9.17) is 0 Å². The molecule has 0 aliphatic carbocycles. The van der Waals surface area contributed by atoms with Gasteiger partial charge in [0.1, 0.15) is 6.29 Å². The van der Waals surface area contributed by atoms with Crippen LogP contribution in [0.2, 0.25) is 0 Å². The molecule has 0 aliphatic rings. The van der Waals surface area contributed by atoms with Gasteiger partial charge in [0.25, 0.3) is 0 Å². The van der Waals surface area contributed by atoms with Crippen molar-refractivity contribution in [2.24, 2.45) is 0 Å². The van der Waals surface area contributed by atoms with E-state index in [1.807, 2.05) is 37.3 Å². The molecule has 0 radical (unpaired) electrons. The van der Waals surface area contributed by atoms with Crippen molar-refractivity contribution >= 4 is 12.4 Å². The lowest BCUT2D eigenvalue weighted by molar-refractivity contribution is 0.112. The lowest BCUT2D eigenvalue weighted by atomic mass is 10.1. The van der Waals surface area contributed by atoms with Crippen molar-refractivity contribution in [2.45, 2.75) is 6.92 Å². The standard InChI is InChI=1S/C10H10O/c1-2-4-9-5-3-6-10(7-9)8-11/h2-8H,1H3. The molecule has 0 N–H and O–H groups in total. The van der Waals surface area contributed by atoms with Gasteiger partial charge >= 0.3 is 0 Å². The minimum Gasteiger partial charge on any atom is -0.298 e. The summed E-state index contributed by atoms with van der Waals surface area (Å²) in [5.41, 5.74) is 1.79. The first-order chi connectivity index (χ1) is 5.36. The Morgan fingerprint density at radius 2 is 2.00 bits per heavy atom. The monoisotopic (exact) mass is 146 g/mol. The first-order valence-corrected chi connectivity index (χ1v) is 3.55. The fourth-order valence-corrected chi connectivity index (χ4v) is 0.928. The van der Waals surface area contributed by atoms with E-state index in [1.54, 1.807) is 6.07 Å². The first-order valence-electron chi connectivity index (χ1n) is 3.55. The number of carbonyl (C=O) groups is 1. The molecule has 0 fully saturated rings. The third-order valence-electron chi connectivity index (χ3n) is 1.41. The predicted molar refractivity (Wildman–Crippen MR) is 46.5 cm³/mol. The summed E-state index contributed by atoms with van der Waals surface area (Å²) in [6.45, 7) is 1.95. The van der Waals surface area contributed by atoms with Crippen LogP contribution >= 0.6 is 0 Å². The van der Waals surface area contributed by atoms with E-state index in [1.165, 1.54) is 0 Å². The van der Waals surface area contributed by atoms with Gasteiger partial charge in [-0.3, -0.25) is 4.79 Å². The van der Waals surface area contributed by atoms with Crippen LogP contribution in [0.25, 0.3) is 6.08 Å². The minimum atomic E-state index is 0.723. The van der Waals surface area contributed by atoms with Crippen LogP contribution in [0.4, 0.5) is 0 Å². The zero-order valence-electron chi connectivity index (χ0n) is 6.45. The quantitative estimate of drug-likeness (QED) is 0.586. The summed E-state index contributed by atoms with van der Waals surface area (Å²) in [7, 11) is 0. The van der Waals surface area contributed by atoms with E-state index in [0.29, 0.717) is 0 Å². The highest BCUT2D eigenvalue weighted by molar-refractivity contribution is 5.76. The third-order valence-corrected chi connectivity index (χ3v) is 1.41. The predicted octanol–water partition coefficient (Wildman–Crippen LogP) is 2.53. The summed E-state index contributed by atoms with van der Waals surface area (Å²) in [5, 5.41) is 0. The molecular formula is C10H10O. The second kappa shape index (κ2) is 3.71. The van der Waals surface area contributed by atoms with Crippen LogP contribution in [0.15, 0.2) is 30.3 Å². The molecule has 11 heavy (non-hydrogen) atoms. The maximum Gasteiger partial charge on any atom is 0.150 e. The lowest BCUT2D eigenvalue weighted by Gasteiger charge is -1.92. The van der Waals surface area contributed by atoms with Crippen molar-refractivity contribution in [3.05, 3.63) is 41.5 Å². The lowest BCUT2D eigenvalue weighted by Crippen LogP contribution is -1.79. The van der Waals surface area contributed by atoms with Crippen LogP contribution in [0.5, 0.6) is 0 Å². The van der Waals surface area contributed by atoms with E-state index in [0.717, 1.165) is 17.4 Å². The highest BCUT2D eigenvalue weighted by Gasteiger charge is 1.88. The molecule has 0 unspecified atom stereocenters. The number of carbonyl (C=O) groups excluding carboxylic acids is 1. The summed E-state index contributed by atoms with van der Waals surface area (Å²) < 4.78 is 0. The Labute approximate surface area is 66.4 Å². The Balaban J connectivity index is 3.00. The first kappa shape index (κ1) is 7.73. The van der Waals surface area contributed by atoms with Gasteiger partial charge in [-0.1, -0.05) is 30.4 Å². The van der Waals surface area contributed by atoms with Gasteiger partial charge in [-0.15, -0.1) is 0 Å². The number of aldehydes is 1. The van der Waals surface area contributed by atoms with Crippen LogP contribution < -0.4 is 0 Å². The maximum atomic E-state index is 10.3. The number of benzene rings is 1. The Morgan fingerprint density at radius 1 is 1.27 bits per heavy atom. The van der Waals surface area contributed by atoms with Gasteiger partial charge in [-0.05, 0) is 18.6 Å². The molecule has 0 atom stereocenters. The molecule has 0 spiro atoms. The average Bonchev–Trinajstić information content (AvgIpc) is 2.06.